The van der Waals surface area contributed by atoms with Crippen LogP contribution in [-0.2, 0) is 30.7 Å². The summed E-state index contributed by atoms with van der Waals surface area (Å²) in [7, 11) is 3.80. The minimum Gasteiger partial charge on any atom is -0.385 e. The first-order valence-corrected chi connectivity index (χ1v) is 10.1. The quantitative estimate of drug-likeness (QED) is 0.216. The molecule has 0 saturated heterocycles. The molecule has 0 aliphatic carbocycles. The van der Waals surface area contributed by atoms with E-state index in [1.807, 2.05) is 0 Å². The minimum atomic E-state index is 0. The summed E-state index contributed by atoms with van der Waals surface area (Å²) in [6, 6.07) is 8.79. The Balaban J connectivity index is 0.00000420. The molecule has 7 nitrogen and oxygen atoms in total. The van der Waals surface area contributed by atoms with Crippen molar-refractivity contribution in [2.45, 2.75) is 46.2 Å². The third-order valence-corrected chi connectivity index (χ3v) is 4.63. The number of nitrogens with one attached hydrogen (secondary N) is 1. The van der Waals surface area contributed by atoms with E-state index in [0.29, 0.717) is 0 Å². The van der Waals surface area contributed by atoms with Gasteiger partial charge in [0.05, 0.1) is 0 Å². The predicted octanol–water partition coefficient (Wildman–Crippen LogP) is 3.14. The van der Waals surface area contributed by atoms with Crippen LogP contribution in [0.15, 0.2) is 35.6 Å². The summed E-state index contributed by atoms with van der Waals surface area (Å²) >= 11 is 0. The molecule has 2 aromatic rings. The molecule has 0 unspecified atom stereocenters. The van der Waals surface area contributed by atoms with Gasteiger partial charge in [0.15, 0.2) is 5.96 Å². The van der Waals surface area contributed by atoms with Crippen LogP contribution in [0.1, 0.15) is 37.2 Å². The van der Waals surface area contributed by atoms with E-state index in [-0.39, 0.29) is 24.0 Å². The SMILES string of the molecule is CCc1ccc(CN(C)C(=NCCCOC)NCCn2cnnc2CC)cc1.I. The van der Waals surface area contributed by atoms with Crippen LogP contribution in [-0.4, -0.2) is 59.5 Å². The summed E-state index contributed by atoms with van der Waals surface area (Å²) in [4.78, 5) is 6.93. The monoisotopic (exact) mass is 514 g/mol. The first-order valence-electron chi connectivity index (χ1n) is 10.1. The average molecular weight is 514 g/mol. The zero-order chi connectivity index (χ0) is 20.2. The molecular formula is C21H35IN6O. The number of aromatic nitrogens is 3. The van der Waals surface area contributed by atoms with E-state index < -0.39 is 0 Å². The van der Waals surface area contributed by atoms with Gasteiger partial charge in [0.1, 0.15) is 12.2 Å². The minimum absolute atomic E-state index is 0. The van der Waals surface area contributed by atoms with Crippen molar-refractivity contribution in [3.8, 4) is 0 Å². The van der Waals surface area contributed by atoms with Crippen LogP contribution in [0, 0.1) is 0 Å². The largest absolute Gasteiger partial charge is 0.385 e. The Hall–Kier alpha value is -1.68. The zero-order valence-electron chi connectivity index (χ0n) is 18.1. The molecule has 1 aromatic heterocycles. The van der Waals surface area contributed by atoms with Gasteiger partial charge in [-0.2, -0.15) is 0 Å². The van der Waals surface area contributed by atoms with Crippen LogP contribution in [0.5, 0.6) is 0 Å². The van der Waals surface area contributed by atoms with Crippen LogP contribution in [0.3, 0.4) is 0 Å². The fourth-order valence-electron chi connectivity index (χ4n) is 2.96. The van der Waals surface area contributed by atoms with Gasteiger partial charge in [0.25, 0.3) is 0 Å². The van der Waals surface area contributed by atoms with Crippen molar-refractivity contribution in [1.82, 2.24) is 25.0 Å². The van der Waals surface area contributed by atoms with Crippen LogP contribution in [0.2, 0.25) is 0 Å². The van der Waals surface area contributed by atoms with E-state index >= 15 is 0 Å². The molecule has 1 aromatic carbocycles. The summed E-state index contributed by atoms with van der Waals surface area (Å²) in [5.41, 5.74) is 2.64. The second-order valence-electron chi connectivity index (χ2n) is 6.80. The molecule has 0 spiro atoms. The summed E-state index contributed by atoms with van der Waals surface area (Å²) in [5.74, 6) is 1.91. The van der Waals surface area contributed by atoms with E-state index in [9.17, 15) is 0 Å². The number of methoxy groups -OCH3 is 1. The molecule has 1 heterocycles. The standard InChI is InChI=1S/C21H34N6O.HI/c1-5-18-8-10-19(11-9-18)16-26(3)21(22-12-7-15-28-4)23-13-14-27-17-24-25-20(27)6-2;/h8-11,17H,5-7,12-16H2,1-4H3,(H,22,23);1H. The predicted molar refractivity (Wildman–Crippen MR) is 129 cm³/mol. The number of ether oxygens (including phenoxy) is 1. The van der Waals surface area contributed by atoms with Crippen molar-refractivity contribution < 1.29 is 4.74 Å². The normalized spacial score (nSPS) is 11.2. The topological polar surface area (TPSA) is 67.6 Å². The Morgan fingerprint density at radius 3 is 2.55 bits per heavy atom. The third-order valence-electron chi connectivity index (χ3n) is 4.63. The van der Waals surface area contributed by atoms with Crippen molar-refractivity contribution >= 4 is 29.9 Å². The molecule has 29 heavy (non-hydrogen) atoms. The Bertz CT molecular complexity index is 716. The van der Waals surface area contributed by atoms with Gasteiger partial charge in [0, 0.05) is 53.4 Å². The maximum atomic E-state index is 5.14. The van der Waals surface area contributed by atoms with Gasteiger partial charge >= 0.3 is 0 Å². The van der Waals surface area contributed by atoms with Gasteiger partial charge in [-0.25, -0.2) is 0 Å². The number of halogens is 1. The molecule has 2 rings (SSSR count). The van der Waals surface area contributed by atoms with Gasteiger partial charge in [-0.3, -0.25) is 4.99 Å². The number of benzene rings is 1. The van der Waals surface area contributed by atoms with E-state index in [2.05, 4.69) is 70.1 Å². The molecule has 0 atom stereocenters. The van der Waals surface area contributed by atoms with Crippen LogP contribution < -0.4 is 5.32 Å². The average Bonchev–Trinajstić information content (AvgIpc) is 3.17. The smallest absolute Gasteiger partial charge is 0.194 e. The number of hydrogen-bond acceptors (Lipinski definition) is 4. The maximum absolute atomic E-state index is 5.14. The van der Waals surface area contributed by atoms with E-state index in [0.717, 1.165) is 63.8 Å². The summed E-state index contributed by atoms with van der Waals surface area (Å²) in [5, 5.41) is 11.6. The maximum Gasteiger partial charge on any atom is 0.194 e. The lowest BCUT2D eigenvalue weighted by Gasteiger charge is -2.23. The highest BCUT2D eigenvalue weighted by Crippen LogP contribution is 2.07. The lowest BCUT2D eigenvalue weighted by molar-refractivity contribution is 0.197. The molecule has 0 bridgehead atoms. The Morgan fingerprint density at radius 1 is 1.17 bits per heavy atom. The third kappa shape index (κ3) is 8.69. The number of guanidine groups is 1. The molecule has 0 saturated carbocycles. The van der Waals surface area contributed by atoms with Gasteiger partial charge in [-0.1, -0.05) is 38.1 Å². The molecule has 162 valence electrons. The highest BCUT2D eigenvalue weighted by Gasteiger charge is 2.08. The summed E-state index contributed by atoms with van der Waals surface area (Å²) < 4.78 is 7.22. The second kappa shape index (κ2) is 14.3. The Kier molecular flexibility index (Phi) is 12.5. The fourth-order valence-corrected chi connectivity index (χ4v) is 2.96. The number of nitrogens with zero attached hydrogens (tertiary/aromatic N) is 5. The highest BCUT2D eigenvalue weighted by atomic mass is 127. The zero-order valence-corrected chi connectivity index (χ0v) is 20.4. The van der Waals surface area contributed by atoms with Crippen molar-refractivity contribution in [2.24, 2.45) is 4.99 Å². The molecule has 8 heteroatoms. The van der Waals surface area contributed by atoms with E-state index in [1.54, 1.807) is 13.4 Å². The van der Waals surface area contributed by atoms with Crippen molar-refractivity contribution in [3.63, 3.8) is 0 Å². The molecule has 0 fully saturated rings. The van der Waals surface area contributed by atoms with Crippen molar-refractivity contribution in [1.29, 1.82) is 0 Å². The van der Waals surface area contributed by atoms with Crippen LogP contribution in [0.25, 0.3) is 0 Å². The van der Waals surface area contributed by atoms with Crippen LogP contribution in [0.4, 0.5) is 0 Å². The van der Waals surface area contributed by atoms with Gasteiger partial charge in [-0.05, 0) is 24.0 Å². The fraction of sp³-hybridized carbons (Fsp3) is 0.571. The van der Waals surface area contributed by atoms with Gasteiger partial charge in [-0.15, -0.1) is 34.2 Å². The van der Waals surface area contributed by atoms with Gasteiger partial charge in [0.2, 0.25) is 0 Å². The first-order chi connectivity index (χ1) is 13.7. The summed E-state index contributed by atoms with van der Waals surface area (Å²) in [6.07, 6.45) is 4.64. The molecule has 1 N–H and O–H groups in total. The number of aryl methyl sites for hydroxylation is 2. The Morgan fingerprint density at radius 2 is 1.90 bits per heavy atom. The molecule has 0 radical (unpaired) electrons. The molecule has 0 amide bonds. The molecule has 0 aliphatic rings. The Labute approximate surface area is 192 Å². The first kappa shape index (κ1) is 25.4. The summed E-state index contributed by atoms with van der Waals surface area (Å²) in [6.45, 7) is 8.12. The lowest BCUT2D eigenvalue weighted by atomic mass is 10.1. The molecular weight excluding hydrogens is 479 g/mol. The van der Waals surface area contributed by atoms with E-state index in [4.69, 9.17) is 9.73 Å². The molecule has 0 aliphatic heterocycles. The second-order valence-corrected chi connectivity index (χ2v) is 6.80. The highest BCUT2D eigenvalue weighted by molar-refractivity contribution is 14.0. The van der Waals surface area contributed by atoms with Crippen LogP contribution >= 0.6 is 24.0 Å². The van der Waals surface area contributed by atoms with Crippen molar-refractivity contribution in [2.75, 3.05) is 33.9 Å². The number of hydrogen-bond donors (Lipinski definition) is 1. The number of rotatable bonds is 11. The number of aliphatic imine (C=N–C) groups is 1. The van der Waals surface area contributed by atoms with Gasteiger partial charge < -0.3 is 19.5 Å². The van der Waals surface area contributed by atoms with E-state index in [1.165, 1.54) is 11.1 Å². The lowest BCUT2D eigenvalue weighted by Crippen LogP contribution is -2.40. The van der Waals surface area contributed by atoms with Crippen molar-refractivity contribution in [3.05, 3.63) is 47.5 Å².